The predicted octanol–water partition coefficient (Wildman–Crippen LogP) is 8.59. The minimum Gasteiger partial charge on any atom is -0.483 e. The number of esters is 1. The number of piperidine rings is 1. The van der Waals surface area contributed by atoms with Crippen LogP contribution >= 0.6 is 11.8 Å². The van der Waals surface area contributed by atoms with Gasteiger partial charge in [-0.05, 0) is 106 Å². The van der Waals surface area contributed by atoms with E-state index in [0.29, 0.717) is 24.0 Å². The molecular formula is C32H49NO3S. The van der Waals surface area contributed by atoms with Crippen molar-refractivity contribution in [3.8, 4) is 11.5 Å². The summed E-state index contributed by atoms with van der Waals surface area (Å²) < 4.78 is 12.9. The molecule has 0 amide bonds. The molecule has 1 fully saturated rings. The first-order valence-corrected chi connectivity index (χ1v) is 16.0. The Kier molecular flexibility index (Phi) is 10.1. The standard InChI is InChI=1S/C32H49NO3S/c1-6-7-9-14-23(2)24(3)25-21-27(35-29(34)16-12-19-33-17-10-8-11-18-33)30-28(22-25)36-32(4,5)26-15-13-20-37-31(26)30/h21-24H,6-20H2,1-5H3. The molecule has 1 aromatic rings. The second-order valence-corrected chi connectivity index (χ2v) is 13.1. The Morgan fingerprint density at radius 3 is 2.65 bits per heavy atom. The first kappa shape index (κ1) is 28.5. The molecule has 5 heteroatoms. The SMILES string of the molecule is CCCCCC(C)C(C)c1cc(OC(=O)CCCN2CCCCC2)c2c(c1)OC(C)(C)C1=C2SCCC1. The van der Waals surface area contributed by atoms with Crippen LogP contribution in [0.25, 0.3) is 4.91 Å². The third kappa shape index (κ3) is 7.15. The van der Waals surface area contributed by atoms with Crippen LogP contribution in [-0.2, 0) is 4.79 Å². The van der Waals surface area contributed by atoms with Crippen molar-refractivity contribution in [2.75, 3.05) is 25.4 Å². The lowest BCUT2D eigenvalue weighted by Crippen LogP contribution is -2.35. The van der Waals surface area contributed by atoms with Crippen LogP contribution in [0.4, 0.5) is 0 Å². The number of rotatable bonds is 11. The van der Waals surface area contributed by atoms with Crippen molar-refractivity contribution < 1.29 is 14.3 Å². The highest BCUT2D eigenvalue weighted by atomic mass is 32.2. The van der Waals surface area contributed by atoms with E-state index in [0.717, 1.165) is 36.5 Å². The molecule has 3 aliphatic rings. The monoisotopic (exact) mass is 527 g/mol. The number of likely N-dealkylation sites (tertiary alicyclic amines) is 1. The number of hydrogen-bond acceptors (Lipinski definition) is 5. The van der Waals surface area contributed by atoms with Gasteiger partial charge in [-0.3, -0.25) is 4.79 Å². The van der Waals surface area contributed by atoms with E-state index in [4.69, 9.17) is 9.47 Å². The Morgan fingerprint density at radius 2 is 1.89 bits per heavy atom. The second kappa shape index (κ2) is 13.1. The summed E-state index contributed by atoms with van der Waals surface area (Å²) in [6, 6.07) is 4.40. The highest BCUT2D eigenvalue weighted by Crippen LogP contribution is 2.54. The molecule has 2 atom stereocenters. The lowest BCUT2D eigenvalue weighted by atomic mass is 9.83. The van der Waals surface area contributed by atoms with Gasteiger partial charge in [-0.1, -0.05) is 52.9 Å². The largest absolute Gasteiger partial charge is 0.483 e. The molecule has 0 N–H and O–H groups in total. The maximum Gasteiger partial charge on any atom is 0.311 e. The van der Waals surface area contributed by atoms with Crippen LogP contribution in [0.1, 0.15) is 122 Å². The summed E-state index contributed by atoms with van der Waals surface area (Å²) in [4.78, 5) is 16.9. The van der Waals surface area contributed by atoms with Gasteiger partial charge in [-0.2, -0.15) is 0 Å². The van der Waals surface area contributed by atoms with Gasteiger partial charge in [-0.25, -0.2) is 0 Å². The predicted molar refractivity (Wildman–Crippen MR) is 157 cm³/mol. The Morgan fingerprint density at radius 1 is 1.11 bits per heavy atom. The lowest BCUT2D eigenvalue weighted by molar-refractivity contribution is -0.134. The number of hydrogen-bond donors (Lipinski definition) is 0. The highest BCUT2D eigenvalue weighted by Gasteiger charge is 2.39. The van der Waals surface area contributed by atoms with Gasteiger partial charge in [0.15, 0.2) is 0 Å². The number of benzene rings is 1. The van der Waals surface area contributed by atoms with Crippen LogP contribution < -0.4 is 9.47 Å². The van der Waals surface area contributed by atoms with E-state index in [1.165, 1.54) is 80.5 Å². The molecule has 4 nitrogen and oxygen atoms in total. The number of fused-ring (bicyclic) bond motifs is 2. The van der Waals surface area contributed by atoms with Gasteiger partial charge in [0.1, 0.15) is 17.1 Å². The van der Waals surface area contributed by atoms with Crippen LogP contribution in [0.5, 0.6) is 11.5 Å². The molecule has 0 aliphatic carbocycles. The fourth-order valence-corrected chi connectivity index (χ4v) is 7.47. The van der Waals surface area contributed by atoms with Crippen molar-refractivity contribution in [3.63, 3.8) is 0 Å². The van der Waals surface area contributed by atoms with Crippen molar-refractivity contribution in [3.05, 3.63) is 28.8 Å². The number of carbonyl (C=O) groups is 1. The highest BCUT2D eigenvalue weighted by molar-refractivity contribution is 8.08. The normalized spacial score (nSPS) is 21.0. The summed E-state index contributed by atoms with van der Waals surface area (Å²) in [6.07, 6.45) is 12.5. The summed E-state index contributed by atoms with van der Waals surface area (Å²) in [6.45, 7) is 14.6. The van der Waals surface area contributed by atoms with E-state index in [2.05, 4.69) is 51.7 Å². The molecule has 1 saturated heterocycles. The number of unbranched alkanes of at least 4 members (excludes halogenated alkanes) is 2. The molecule has 3 heterocycles. The molecule has 2 unspecified atom stereocenters. The first-order valence-electron chi connectivity index (χ1n) is 15.0. The smallest absolute Gasteiger partial charge is 0.311 e. The summed E-state index contributed by atoms with van der Waals surface area (Å²) in [7, 11) is 0. The quantitative estimate of drug-likeness (QED) is 0.164. The van der Waals surface area contributed by atoms with E-state index in [-0.39, 0.29) is 11.6 Å². The van der Waals surface area contributed by atoms with Gasteiger partial charge in [-0.15, -0.1) is 11.8 Å². The summed E-state index contributed by atoms with van der Waals surface area (Å²) >= 11 is 1.91. The van der Waals surface area contributed by atoms with Crippen molar-refractivity contribution in [2.45, 2.75) is 117 Å². The minimum atomic E-state index is -0.333. The average molecular weight is 528 g/mol. The Hall–Kier alpha value is -1.46. The van der Waals surface area contributed by atoms with Crippen LogP contribution in [0.3, 0.4) is 0 Å². The van der Waals surface area contributed by atoms with Gasteiger partial charge >= 0.3 is 5.97 Å². The molecule has 0 spiro atoms. The molecule has 4 rings (SSSR count). The van der Waals surface area contributed by atoms with Gasteiger partial charge in [0.2, 0.25) is 0 Å². The van der Waals surface area contributed by atoms with E-state index in [1.54, 1.807) is 0 Å². The first-order chi connectivity index (χ1) is 17.8. The zero-order chi connectivity index (χ0) is 26.4. The third-order valence-corrected chi connectivity index (χ3v) is 9.90. The Bertz CT molecular complexity index is 963. The van der Waals surface area contributed by atoms with E-state index >= 15 is 0 Å². The molecule has 3 aliphatic heterocycles. The summed E-state index contributed by atoms with van der Waals surface area (Å²) in [5.41, 5.74) is 3.25. The van der Waals surface area contributed by atoms with Crippen LogP contribution in [0, 0.1) is 5.92 Å². The van der Waals surface area contributed by atoms with E-state index in [9.17, 15) is 4.79 Å². The number of thioether (sulfide) groups is 1. The minimum absolute atomic E-state index is 0.118. The van der Waals surface area contributed by atoms with Gasteiger partial charge < -0.3 is 14.4 Å². The number of carbonyl (C=O) groups excluding carboxylic acids is 1. The van der Waals surface area contributed by atoms with Gasteiger partial charge in [0, 0.05) is 11.3 Å². The maximum atomic E-state index is 13.1. The molecule has 1 aromatic carbocycles. The van der Waals surface area contributed by atoms with Crippen LogP contribution in [0.2, 0.25) is 0 Å². The van der Waals surface area contributed by atoms with Crippen molar-refractivity contribution >= 4 is 22.6 Å². The second-order valence-electron chi connectivity index (χ2n) is 12.0. The van der Waals surface area contributed by atoms with Crippen molar-refractivity contribution in [1.82, 2.24) is 4.90 Å². The topological polar surface area (TPSA) is 38.8 Å². The number of nitrogens with zero attached hydrogens (tertiary/aromatic N) is 1. The average Bonchev–Trinajstić information content (AvgIpc) is 2.88. The maximum absolute atomic E-state index is 13.1. The van der Waals surface area contributed by atoms with Gasteiger partial charge in [0.25, 0.3) is 0 Å². The zero-order valence-electron chi connectivity index (χ0n) is 24.0. The van der Waals surface area contributed by atoms with Crippen LogP contribution in [0.15, 0.2) is 17.7 Å². The van der Waals surface area contributed by atoms with Gasteiger partial charge in [0.05, 0.1) is 5.56 Å². The van der Waals surface area contributed by atoms with Crippen molar-refractivity contribution in [1.29, 1.82) is 0 Å². The molecule has 0 bridgehead atoms. The fraction of sp³-hybridized carbons (Fsp3) is 0.719. The molecule has 37 heavy (non-hydrogen) atoms. The number of ether oxygens (including phenoxy) is 2. The molecular weight excluding hydrogens is 478 g/mol. The van der Waals surface area contributed by atoms with Crippen molar-refractivity contribution in [2.24, 2.45) is 5.92 Å². The summed E-state index contributed by atoms with van der Waals surface area (Å²) in [5, 5.41) is 0. The molecule has 0 aromatic heterocycles. The molecule has 206 valence electrons. The zero-order valence-corrected chi connectivity index (χ0v) is 24.8. The van der Waals surface area contributed by atoms with E-state index in [1.807, 2.05) is 11.8 Å². The molecule has 0 radical (unpaired) electrons. The Balaban J connectivity index is 1.58. The summed E-state index contributed by atoms with van der Waals surface area (Å²) in [5.74, 6) is 3.52. The lowest BCUT2D eigenvalue weighted by Gasteiger charge is -2.40. The van der Waals surface area contributed by atoms with E-state index < -0.39 is 0 Å². The fourth-order valence-electron chi connectivity index (χ4n) is 6.11. The molecule has 0 saturated carbocycles. The Labute approximate surface area is 229 Å². The third-order valence-electron chi connectivity index (χ3n) is 8.67. The van der Waals surface area contributed by atoms with Crippen LogP contribution in [-0.4, -0.2) is 41.9 Å².